The lowest BCUT2D eigenvalue weighted by Gasteiger charge is -2.09. The topological polar surface area (TPSA) is 90.0 Å². The molecule has 146 valence electrons. The number of thioether (sulfide) groups is 1. The number of ketones is 1. The van der Waals surface area contributed by atoms with Gasteiger partial charge < -0.3 is 14.3 Å². The van der Waals surface area contributed by atoms with Crippen LogP contribution in [0.5, 0.6) is 0 Å². The van der Waals surface area contributed by atoms with Crippen LogP contribution >= 0.6 is 11.8 Å². The fourth-order valence-corrected chi connectivity index (χ4v) is 3.52. The third-order valence-corrected chi connectivity index (χ3v) is 5.14. The molecule has 0 aliphatic carbocycles. The number of aryl methyl sites for hydroxylation is 1. The van der Waals surface area contributed by atoms with Crippen LogP contribution in [0.4, 0.5) is 5.69 Å². The number of carbonyl (C=O) groups excluding carboxylic acids is 2. The Bertz CT molecular complexity index is 976. The second-order valence-corrected chi connectivity index (χ2v) is 7.26. The van der Waals surface area contributed by atoms with Gasteiger partial charge in [0.1, 0.15) is 5.76 Å². The first-order valence-corrected chi connectivity index (χ1v) is 9.99. The van der Waals surface area contributed by atoms with Crippen molar-refractivity contribution >= 4 is 29.1 Å². The maximum absolute atomic E-state index is 12.3. The van der Waals surface area contributed by atoms with Crippen molar-refractivity contribution in [2.75, 3.05) is 11.1 Å². The zero-order chi connectivity index (χ0) is 20.1. The Balaban J connectivity index is 1.67. The Morgan fingerprint density at radius 3 is 2.54 bits per heavy atom. The van der Waals surface area contributed by atoms with Gasteiger partial charge in [-0.2, -0.15) is 0 Å². The molecule has 1 amide bonds. The van der Waals surface area contributed by atoms with Crippen molar-refractivity contribution in [2.24, 2.45) is 0 Å². The van der Waals surface area contributed by atoms with Crippen molar-refractivity contribution in [1.82, 2.24) is 14.8 Å². The van der Waals surface area contributed by atoms with Gasteiger partial charge in [0, 0.05) is 17.8 Å². The molecule has 0 atom stereocenters. The highest BCUT2D eigenvalue weighted by atomic mass is 32.2. The highest BCUT2D eigenvalue weighted by Crippen LogP contribution is 2.27. The van der Waals surface area contributed by atoms with E-state index in [1.165, 1.54) is 18.7 Å². The first kappa shape index (κ1) is 19.9. The van der Waals surface area contributed by atoms with Crippen molar-refractivity contribution in [3.05, 3.63) is 47.9 Å². The minimum atomic E-state index is -0.146. The molecule has 28 heavy (non-hydrogen) atoms. The van der Waals surface area contributed by atoms with Gasteiger partial charge in [-0.1, -0.05) is 18.7 Å². The summed E-state index contributed by atoms with van der Waals surface area (Å²) in [6.07, 6.45) is 2.55. The van der Waals surface area contributed by atoms with Gasteiger partial charge in [-0.05, 0) is 50.6 Å². The smallest absolute Gasteiger partial charge is 0.234 e. The Kier molecular flexibility index (Phi) is 6.30. The summed E-state index contributed by atoms with van der Waals surface area (Å²) >= 11 is 1.34. The molecule has 0 radical (unpaired) electrons. The molecule has 7 nitrogen and oxygen atoms in total. The predicted octanol–water partition coefficient (Wildman–Crippen LogP) is 4.19. The van der Waals surface area contributed by atoms with Crippen molar-refractivity contribution in [3.63, 3.8) is 0 Å². The number of hydrogen-bond acceptors (Lipinski definition) is 6. The van der Waals surface area contributed by atoms with Gasteiger partial charge in [0.15, 0.2) is 16.8 Å². The molecule has 8 heteroatoms. The van der Waals surface area contributed by atoms with E-state index in [4.69, 9.17) is 4.42 Å². The zero-order valence-electron chi connectivity index (χ0n) is 16.1. The Hall–Kier alpha value is -2.87. The molecule has 0 saturated heterocycles. The van der Waals surface area contributed by atoms with Crippen LogP contribution in [0.25, 0.3) is 11.4 Å². The quantitative estimate of drug-likeness (QED) is 0.452. The van der Waals surface area contributed by atoms with Crippen LogP contribution in [0, 0.1) is 6.92 Å². The van der Waals surface area contributed by atoms with E-state index in [-0.39, 0.29) is 17.4 Å². The first-order chi connectivity index (χ1) is 13.5. The van der Waals surface area contributed by atoms with Gasteiger partial charge >= 0.3 is 0 Å². The molecule has 1 N–H and O–H groups in total. The highest BCUT2D eigenvalue weighted by molar-refractivity contribution is 7.99. The van der Waals surface area contributed by atoms with Crippen LogP contribution in [0.15, 0.2) is 46.2 Å². The average molecular weight is 398 g/mol. The number of nitrogens with zero attached hydrogens (tertiary/aromatic N) is 3. The minimum Gasteiger partial charge on any atom is -0.469 e. The van der Waals surface area contributed by atoms with E-state index in [2.05, 4.69) is 22.4 Å². The van der Waals surface area contributed by atoms with E-state index in [0.29, 0.717) is 16.4 Å². The highest BCUT2D eigenvalue weighted by Gasteiger charge is 2.18. The van der Waals surface area contributed by atoms with Crippen molar-refractivity contribution < 1.29 is 14.0 Å². The molecule has 2 heterocycles. The largest absolute Gasteiger partial charge is 0.469 e. The number of aromatic nitrogens is 3. The molecular weight excluding hydrogens is 376 g/mol. The molecule has 3 aromatic rings. The Morgan fingerprint density at radius 1 is 1.18 bits per heavy atom. The molecule has 2 aromatic heterocycles. The van der Waals surface area contributed by atoms with E-state index < -0.39 is 0 Å². The number of furan rings is 1. The second kappa shape index (κ2) is 8.88. The minimum absolute atomic E-state index is 0.00708. The van der Waals surface area contributed by atoms with Gasteiger partial charge in [-0.25, -0.2) is 0 Å². The number of Topliss-reactive ketones (excluding diaryl/α,β-unsaturated/α-hetero) is 1. The maximum Gasteiger partial charge on any atom is 0.234 e. The van der Waals surface area contributed by atoms with E-state index in [9.17, 15) is 9.59 Å². The van der Waals surface area contributed by atoms with Crippen LogP contribution in [-0.2, 0) is 11.3 Å². The summed E-state index contributed by atoms with van der Waals surface area (Å²) in [6, 6.07) is 8.71. The summed E-state index contributed by atoms with van der Waals surface area (Å²) in [6.45, 7) is 6.23. The Morgan fingerprint density at radius 2 is 1.93 bits per heavy atom. The third kappa shape index (κ3) is 4.51. The lowest BCUT2D eigenvalue weighted by atomic mass is 10.1. The van der Waals surface area contributed by atoms with Crippen molar-refractivity contribution in [2.45, 2.75) is 38.9 Å². The standard InChI is InChI=1S/C20H22N4O3S/c1-4-10-24-19(17-9-11-27-14(17)3)22-23-20(24)28-12-18(26)21-16-7-5-15(6-8-16)13(2)25/h5-9,11H,4,10,12H2,1-3H3,(H,21,26). The summed E-state index contributed by atoms with van der Waals surface area (Å²) in [5.74, 6) is 1.59. The number of nitrogens with one attached hydrogen (secondary N) is 1. The van der Waals surface area contributed by atoms with Gasteiger partial charge in [-0.3, -0.25) is 9.59 Å². The molecule has 0 bridgehead atoms. The van der Waals surface area contributed by atoms with E-state index in [0.717, 1.165) is 30.1 Å². The molecule has 0 spiro atoms. The number of benzene rings is 1. The fraction of sp³-hybridized carbons (Fsp3) is 0.300. The van der Waals surface area contributed by atoms with Gasteiger partial charge in [-0.15, -0.1) is 10.2 Å². The number of anilines is 1. The number of carbonyl (C=O) groups is 2. The molecule has 0 aliphatic rings. The van der Waals surface area contributed by atoms with Crippen molar-refractivity contribution in [3.8, 4) is 11.4 Å². The van der Waals surface area contributed by atoms with Crippen LogP contribution in [0.2, 0.25) is 0 Å². The number of amides is 1. The van der Waals surface area contributed by atoms with E-state index in [1.807, 2.05) is 17.6 Å². The Labute approximate surface area is 167 Å². The van der Waals surface area contributed by atoms with Gasteiger partial charge in [0.2, 0.25) is 5.91 Å². The molecule has 3 rings (SSSR count). The summed E-state index contributed by atoms with van der Waals surface area (Å²) in [5, 5.41) is 12.1. The van der Waals surface area contributed by atoms with Crippen LogP contribution in [0.3, 0.4) is 0 Å². The number of rotatable bonds is 8. The molecule has 0 saturated carbocycles. The van der Waals surface area contributed by atoms with E-state index in [1.54, 1.807) is 30.5 Å². The first-order valence-electron chi connectivity index (χ1n) is 9.01. The van der Waals surface area contributed by atoms with E-state index >= 15 is 0 Å². The third-order valence-electron chi connectivity index (χ3n) is 4.17. The fourth-order valence-electron chi connectivity index (χ4n) is 2.75. The van der Waals surface area contributed by atoms with Crippen molar-refractivity contribution in [1.29, 1.82) is 0 Å². The van der Waals surface area contributed by atoms with Crippen LogP contribution < -0.4 is 5.32 Å². The summed E-state index contributed by atoms with van der Waals surface area (Å²) < 4.78 is 7.39. The molecule has 0 aliphatic heterocycles. The summed E-state index contributed by atoms with van der Waals surface area (Å²) in [5.41, 5.74) is 2.17. The monoisotopic (exact) mass is 398 g/mol. The number of hydrogen-bond donors (Lipinski definition) is 1. The molecule has 0 fully saturated rings. The molecule has 1 aromatic carbocycles. The normalized spacial score (nSPS) is 10.8. The SMILES string of the molecule is CCCn1c(SCC(=O)Nc2ccc(C(C)=O)cc2)nnc1-c1ccoc1C. The molecule has 0 unspecified atom stereocenters. The predicted molar refractivity (Wildman–Crippen MR) is 109 cm³/mol. The maximum atomic E-state index is 12.3. The van der Waals surface area contributed by atoms with Gasteiger partial charge in [0.05, 0.1) is 17.6 Å². The van der Waals surface area contributed by atoms with Gasteiger partial charge in [0.25, 0.3) is 0 Å². The second-order valence-electron chi connectivity index (χ2n) is 6.32. The lowest BCUT2D eigenvalue weighted by molar-refractivity contribution is -0.113. The average Bonchev–Trinajstić information content (AvgIpc) is 3.26. The van der Waals surface area contributed by atoms with Crippen LogP contribution in [0.1, 0.15) is 36.4 Å². The lowest BCUT2D eigenvalue weighted by Crippen LogP contribution is -2.14. The zero-order valence-corrected chi connectivity index (χ0v) is 16.9. The summed E-state index contributed by atoms with van der Waals surface area (Å²) in [7, 11) is 0. The van der Waals surface area contributed by atoms with Crippen LogP contribution in [-0.4, -0.2) is 32.2 Å². The molecular formula is C20H22N4O3S. The summed E-state index contributed by atoms with van der Waals surface area (Å²) in [4.78, 5) is 23.6.